The van der Waals surface area contributed by atoms with Crippen molar-refractivity contribution in [2.24, 2.45) is 0 Å². The third-order valence-corrected chi connectivity index (χ3v) is 4.69. The standard InChI is InChI=1S/C19H19N5O6/c20-17-14-18(22-8-21-17)24(9-23-14)19-16(28)15(27)12(30-19)7-29-13(26)6-3-10-1-4-11(25)5-2-10/h1-6,8-9,12,15-16,19,25,27-28H,7H2,(H2,20,21,22). The molecule has 0 amide bonds. The lowest BCUT2D eigenvalue weighted by atomic mass is 10.1. The first-order chi connectivity index (χ1) is 14.4. The van der Waals surface area contributed by atoms with E-state index >= 15 is 0 Å². The molecular formula is C19H19N5O6. The van der Waals surface area contributed by atoms with Crippen molar-refractivity contribution in [2.75, 3.05) is 12.3 Å². The number of phenolic OH excluding ortho intramolecular Hbond substituents is 1. The number of hydrogen-bond acceptors (Lipinski definition) is 10. The minimum Gasteiger partial charge on any atom is -0.508 e. The summed E-state index contributed by atoms with van der Waals surface area (Å²) in [5, 5.41) is 30.0. The predicted molar refractivity (Wildman–Crippen MR) is 104 cm³/mol. The van der Waals surface area contributed by atoms with Gasteiger partial charge < -0.3 is 30.5 Å². The molecule has 2 aromatic heterocycles. The first-order valence-corrected chi connectivity index (χ1v) is 9.02. The maximum Gasteiger partial charge on any atom is 0.330 e. The molecule has 0 spiro atoms. The summed E-state index contributed by atoms with van der Waals surface area (Å²) in [6.45, 7) is -0.267. The fraction of sp³-hybridized carbons (Fsp3) is 0.263. The molecule has 1 aliphatic rings. The molecule has 3 heterocycles. The highest BCUT2D eigenvalue weighted by Crippen LogP contribution is 2.32. The monoisotopic (exact) mass is 413 g/mol. The van der Waals surface area contributed by atoms with E-state index < -0.39 is 30.5 Å². The minimum absolute atomic E-state index is 0.120. The van der Waals surface area contributed by atoms with Crippen LogP contribution in [0.2, 0.25) is 0 Å². The minimum atomic E-state index is -1.30. The van der Waals surface area contributed by atoms with E-state index in [0.717, 1.165) is 0 Å². The molecule has 3 aromatic rings. The van der Waals surface area contributed by atoms with E-state index in [1.165, 1.54) is 41.5 Å². The lowest BCUT2D eigenvalue weighted by Gasteiger charge is -2.16. The summed E-state index contributed by atoms with van der Waals surface area (Å²) in [4.78, 5) is 24.0. The molecule has 1 aliphatic heterocycles. The SMILES string of the molecule is Nc1ncnc2c1ncn2C1OC(COC(=O)C=Cc2ccc(O)cc2)C(O)C1O. The van der Waals surface area contributed by atoms with Gasteiger partial charge in [-0.2, -0.15) is 0 Å². The average molecular weight is 413 g/mol. The van der Waals surface area contributed by atoms with Crippen LogP contribution in [-0.2, 0) is 14.3 Å². The number of nitrogen functional groups attached to an aromatic ring is 1. The van der Waals surface area contributed by atoms with Crippen LogP contribution in [0, 0.1) is 0 Å². The number of ether oxygens (including phenoxy) is 2. The van der Waals surface area contributed by atoms with E-state index in [1.807, 2.05) is 0 Å². The highest BCUT2D eigenvalue weighted by atomic mass is 16.6. The average Bonchev–Trinajstić information content (AvgIpc) is 3.29. The number of anilines is 1. The van der Waals surface area contributed by atoms with Crippen molar-refractivity contribution in [3.8, 4) is 5.75 Å². The molecule has 0 bridgehead atoms. The van der Waals surface area contributed by atoms with Crippen molar-refractivity contribution in [1.82, 2.24) is 19.5 Å². The third kappa shape index (κ3) is 3.81. The number of phenols is 1. The normalized spacial score (nSPS) is 23.9. The fourth-order valence-corrected chi connectivity index (χ4v) is 3.12. The number of nitrogens with zero attached hydrogens (tertiary/aromatic N) is 4. The third-order valence-electron chi connectivity index (χ3n) is 4.69. The predicted octanol–water partition coefficient (Wildman–Crippen LogP) is -0.0101. The maximum atomic E-state index is 11.9. The number of hydrogen-bond donors (Lipinski definition) is 4. The molecule has 4 atom stereocenters. The Balaban J connectivity index is 1.40. The first-order valence-electron chi connectivity index (χ1n) is 9.02. The van der Waals surface area contributed by atoms with Gasteiger partial charge in [0.15, 0.2) is 17.7 Å². The van der Waals surface area contributed by atoms with E-state index in [0.29, 0.717) is 16.7 Å². The molecule has 1 saturated heterocycles. The highest BCUT2D eigenvalue weighted by Gasteiger charge is 2.44. The second-order valence-electron chi connectivity index (χ2n) is 6.68. The van der Waals surface area contributed by atoms with Crippen molar-refractivity contribution in [1.29, 1.82) is 0 Å². The molecule has 1 aromatic carbocycles. The van der Waals surface area contributed by atoms with Gasteiger partial charge in [0.2, 0.25) is 0 Å². The Labute approximate surface area is 170 Å². The molecule has 11 nitrogen and oxygen atoms in total. The van der Waals surface area contributed by atoms with Gasteiger partial charge in [-0.05, 0) is 23.8 Å². The van der Waals surface area contributed by atoms with E-state index in [9.17, 15) is 20.1 Å². The Morgan fingerprint density at radius 3 is 2.73 bits per heavy atom. The van der Waals surface area contributed by atoms with Gasteiger partial charge in [-0.1, -0.05) is 12.1 Å². The lowest BCUT2D eigenvalue weighted by molar-refractivity contribution is -0.144. The number of rotatable bonds is 5. The number of aromatic nitrogens is 4. The Bertz CT molecular complexity index is 1080. The second-order valence-corrected chi connectivity index (χ2v) is 6.68. The van der Waals surface area contributed by atoms with Gasteiger partial charge in [0.05, 0.1) is 6.33 Å². The largest absolute Gasteiger partial charge is 0.508 e. The summed E-state index contributed by atoms with van der Waals surface area (Å²) in [5.41, 5.74) is 7.15. The van der Waals surface area contributed by atoms with Crippen LogP contribution in [0.1, 0.15) is 11.8 Å². The second kappa shape index (κ2) is 8.06. The number of carbonyl (C=O) groups is 1. The van der Waals surface area contributed by atoms with Crippen molar-refractivity contribution in [2.45, 2.75) is 24.5 Å². The number of aromatic hydroxyl groups is 1. The molecule has 0 saturated carbocycles. The van der Waals surface area contributed by atoms with Crippen LogP contribution in [0.15, 0.2) is 43.0 Å². The van der Waals surface area contributed by atoms with E-state index in [4.69, 9.17) is 15.2 Å². The molecule has 1 fully saturated rings. The van der Waals surface area contributed by atoms with Crippen LogP contribution in [0.3, 0.4) is 0 Å². The maximum absolute atomic E-state index is 11.9. The van der Waals surface area contributed by atoms with Crippen LogP contribution >= 0.6 is 0 Å². The van der Waals surface area contributed by atoms with Gasteiger partial charge in [0.1, 0.15) is 42.5 Å². The lowest BCUT2D eigenvalue weighted by Crippen LogP contribution is -2.34. The first kappa shape index (κ1) is 19.8. The Morgan fingerprint density at radius 1 is 1.20 bits per heavy atom. The van der Waals surface area contributed by atoms with E-state index in [-0.39, 0.29) is 18.2 Å². The molecule has 11 heteroatoms. The van der Waals surface area contributed by atoms with E-state index in [1.54, 1.807) is 12.1 Å². The number of esters is 1. The molecular weight excluding hydrogens is 394 g/mol. The quantitative estimate of drug-likeness (QED) is 0.330. The fourth-order valence-electron chi connectivity index (χ4n) is 3.12. The summed E-state index contributed by atoms with van der Waals surface area (Å²) < 4.78 is 12.3. The van der Waals surface area contributed by atoms with Gasteiger partial charge in [0.25, 0.3) is 0 Å². The number of nitrogens with two attached hydrogens (primary N) is 1. The molecule has 156 valence electrons. The Hall–Kier alpha value is -3.54. The molecule has 0 aliphatic carbocycles. The summed E-state index contributed by atoms with van der Waals surface area (Å²) in [6.07, 6.45) is 0.842. The van der Waals surface area contributed by atoms with Crippen LogP contribution in [0.25, 0.3) is 17.2 Å². The van der Waals surface area contributed by atoms with E-state index in [2.05, 4.69) is 15.0 Å². The molecule has 30 heavy (non-hydrogen) atoms. The number of imidazole rings is 1. The molecule has 4 rings (SSSR count). The van der Waals surface area contributed by atoms with Gasteiger partial charge in [-0.3, -0.25) is 4.57 Å². The molecule has 5 N–H and O–H groups in total. The topological polar surface area (TPSA) is 166 Å². The summed E-state index contributed by atoms with van der Waals surface area (Å²) >= 11 is 0. The number of carbonyl (C=O) groups excluding carboxylic acids is 1. The number of aliphatic hydroxyl groups is 2. The van der Waals surface area contributed by atoms with Gasteiger partial charge in [-0.25, -0.2) is 19.7 Å². The van der Waals surface area contributed by atoms with Crippen molar-refractivity contribution in [3.05, 3.63) is 48.6 Å². The Kier molecular flexibility index (Phi) is 5.31. The summed E-state index contributed by atoms with van der Waals surface area (Å²) in [7, 11) is 0. The zero-order valence-electron chi connectivity index (χ0n) is 15.6. The number of benzene rings is 1. The van der Waals surface area contributed by atoms with Crippen molar-refractivity contribution < 1.29 is 29.6 Å². The van der Waals surface area contributed by atoms with Crippen LogP contribution < -0.4 is 5.73 Å². The zero-order valence-corrected chi connectivity index (χ0v) is 15.6. The van der Waals surface area contributed by atoms with Crippen LogP contribution in [0.5, 0.6) is 5.75 Å². The highest BCUT2D eigenvalue weighted by molar-refractivity contribution is 5.87. The number of fused-ring (bicyclic) bond motifs is 1. The smallest absolute Gasteiger partial charge is 0.330 e. The van der Waals surface area contributed by atoms with Crippen LogP contribution in [0.4, 0.5) is 5.82 Å². The van der Waals surface area contributed by atoms with Crippen molar-refractivity contribution >= 4 is 29.0 Å². The number of aliphatic hydroxyl groups excluding tert-OH is 2. The zero-order chi connectivity index (χ0) is 21.3. The Morgan fingerprint density at radius 2 is 1.97 bits per heavy atom. The summed E-state index contributed by atoms with van der Waals surface area (Å²) in [5.74, 6) is -0.349. The van der Waals surface area contributed by atoms with Gasteiger partial charge in [-0.15, -0.1) is 0 Å². The van der Waals surface area contributed by atoms with Gasteiger partial charge >= 0.3 is 5.97 Å². The van der Waals surface area contributed by atoms with Crippen LogP contribution in [-0.4, -0.2) is 65.7 Å². The van der Waals surface area contributed by atoms with Crippen molar-refractivity contribution in [3.63, 3.8) is 0 Å². The molecule has 0 radical (unpaired) electrons. The van der Waals surface area contributed by atoms with Gasteiger partial charge in [0, 0.05) is 6.08 Å². The molecule has 4 unspecified atom stereocenters. The summed E-state index contributed by atoms with van der Waals surface area (Å²) in [6, 6.07) is 6.26.